The van der Waals surface area contributed by atoms with Crippen molar-refractivity contribution >= 4 is 5.84 Å². The molecule has 148 valence electrons. The second kappa shape index (κ2) is 8.21. The summed E-state index contributed by atoms with van der Waals surface area (Å²) in [7, 11) is 3.23. The molecule has 0 saturated heterocycles. The van der Waals surface area contributed by atoms with E-state index >= 15 is 0 Å². The topological polar surface area (TPSA) is 55.3 Å². The molecule has 0 radical (unpaired) electrons. The number of hydrogen-bond acceptors (Lipinski definition) is 6. The number of benzene rings is 2. The average Bonchev–Trinajstić information content (AvgIpc) is 3.04. The molecule has 1 heterocycles. The Morgan fingerprint density at radius 1 is 1.21 bits per heavy atom. The molecule has 0 fully saturated rings. The number of methoxy groups -OCH3 is 2. The largest absolute Gasteiger partial charge is 0.497 e. The van der Waals surface area contributed by atoms with Gasteiger partial charge in [-0.1, -0.05) is 11.7 Å². The number of oxime groups is 1. The molecule has 3 rings (SSSR count). The lowest BCUT2D eigenvalue weighted by molar-refractivity contribution is -0.0828. The van der Waals surface area contributed by atoms with Gasteiger partial charge in [-0.15, -0.1) is 0 Å². The van der Waals surface area contributed by atoms with Crippen LogP contribution in [0.4, 0.5) is 4.39 Å². The minimum atomic E-state index is -0.761. The number of rotatable bonds is 8. The molecule has 0 aromatic heterocycles. The molecule has 1 aliphatic heterocycles. The fourth-order valence-electron chi connectivity index (χ4n) is 3.06. The van der Waals surface area contributed by atoms with Gasteiger partial charge in [-0.05, 0) is 49.5 Å². The van der Waals surface area contributed by atoms with E-state index in [-0.39, 0.29) is 5.82 Å². The Labute approximate surface area is 164 Å². The SMILES string of the molecule is C=CNCC1(C)ON=C(c2ccc(F)cc2)N1Cc1ccc(OC)cc1OC. The summed E-state index contributed by atoms with van der Waals surface area (Å²) in [5.41, 5.74) is 0.938. The molecular formula is C21H24FN3O3. The van der Waals surface area contributed by atoms with E-state index in [2.05, 4.69) is 17.1 Å². The molecule has 0 bridgehead atoms. The van der Waals surface area contributed by atoms with Crippen molar-refractivity contribution in [2.24, 2.45) is 5.16 Å². The van der Waals surface area contributed by atoms with Crippen LogP contribution in [0.25, 0.3) is 0 Å². The summed E-state index contributed by atoms with van der Waals surface area (Å²) in [4.78, 5) is 7.80. The van der Waals surface area contributed by atoms with Crippen LogP contribution in [0.5, 0.6) is 11.5 Å². The van der Waals surface area contributed by atoms with Crippen LogP contribution >= 0.6 is 0 Å². The highest BCUT2D eigenvalue weighted by Crippen LogP contribution is 2.33. The van der Waals surface area contributed by atoms with Crippen molar-refractivity contribution < 1.29 is 18.7 Å². The second-order valence-corrected chi connectivity index (χ2v) is 6.54. The third kappa shape index (κ3) is 3.88. The van der Waals surface area contributed by atoms with E-state index in [1.807, 2.05) is 30.0 Å². The smallest absolute Gasteiger partial charge is 0.226 e. The van der Waals surface area contributed by atoms with Gasteiger partial charge in [0, 0.05) is 17.2 Å². The molecule has 1 unspecified atom stereocenters. The third-order valence-electron chi connectivity index (χ3n) is 4.65. The summed E-state index contributed by atoms with van der Waals surface area (Å²) in [5.74, 6) is 1.72. The van der Waals surface area contributed by atoms with E-state index in [0.717, 1.165) is 11.1 Å². The van der Waals surface area contributed by atoms with Crippen LogP contribution in [0, 0.1) is 5.82 Å². The van der Waals surface area contributed by atoms with Gasteiger partial charge >= 0.3 is 0 Å². The number of halogens is 1. The molecular weight excluding hydrogens is 361 g/mol. The molecule has 7 heteroatoms. The van der Waals surface area contributed by atoms with Crippen molar-refractivity contribution in [3.63, 3.8) is 0 Å². The highest BCUT2D eigenvalue weighted by molar-refractivity contribution is 5.99. The first-order valence-corrected chi connectivity index (χ1v) is 8.85. The first-order valence-electron chi connectivity index (χ1n) is 8.85. The average molecular weight is 385 g/mol. The van der Waals surface area contributed by atoms with Crippen molar-refractivity contribution in [3.05, 3.63) is 72.2 Å². The first kappa shape index (κ1) is 19.5. The Bertz CT molecular complexity index is 870. The molecule has 0 amide bonds. The van der Waals surface area contributed by atoms with Crippen LogP contribution in [-0.2, 0) is 11.4 Å². The van der Waals surface area contributed by atoms with E-state index in [1.54, 1.807) is 32.6 Å². The molecule has 6 nitrogen and oxygen atoms in total. The zero-order valence-electron chi connectivity index (χ0n) is 16.2. The van der Waals surface area contributed by atoms with E-state index in [1.165, 1.54) is 12.1 Å². The minimum Gasteiger partial charge on any atom is -0.497 e. The molecule has 0 spiro atoms. The van der Waals surface area contributed by atoms with Gasteiger partial charge in [0.1, 0.15) is 17.3 Å². The number of nitrogens with zero attached hydrogens (tertiary/aromatic N) is 2. The van der Waals surface area contributed by atoms with Gasteiger partial charge < -0.3 is 24.5 Å². The number of hydrogen-bond donors (Lipinski definition) is 1. The lowest BCUT2D eigenvalue weighted by Gasteiger charge is -2.34. The summed E-state index contributed by atoms with van der Waals surface area (Å²) in [6, 6.07) is 11.8. The molecule has 1 aliphatic rings. The summed E-state index contributed by atoms with van der Waals surface area (Å²) < 4.78 is 24.2. The zero-order chi connectivity index (χ0) is 20.1. The van der Waals surface area contributed by atoms with E-state index in [4.69, 9.17) is 14.3 Å². The number of ether oxygens (including phenoxy) is 2. The van der Waals surface area contributed by atoms with E-state index in [9.17, 15) is 4.39 Å². The molecule has 2 aromatic rings. The molecule has 1 N–H and O–H groups in total. The van der Waals surface area contributed by atoms with Crippen LogP contribution in [0.2, 0.25) is 0 Å². The lowest BCUT2D eigenvalue weighted by Crippen LogP contribution is -2.51. The summed E-state index contributed by atoms with van der Waals surface area (Å²) in [6.45, 7) is 6.56. The van der Waals surface area contributed by atoms with Crippen LogP contribution in [-0.4, -0.2) is 37.2 Å². The van der Waals surface area contributed by atoms with E-state index < -0.39 is 5.72 Å². The highest BCUT2D eigenvalue weighted by Gasteiger charge is 2.42. The Kier molecular flexibility index (Phi) is 5.73. The van der Waals surface area contributed by atoms with Crippen molar-refractivity contribution in [1.82, 2.24) is 10.2 Å². The van der Waals surface area contributed by atoms with Crippen molar-refractivity contribution in [1.29, 1.82) is 0 Å². The molecule has 2 aromatic carbocycles. The standard InChI is InChI=1S/C21H24FN3O3/c1-5-23-14-21(2)25(13-16-8-11-18(26-3)12-19(16)27-4)20(24-28-21)15-6-9-17(22)10-7-15/h5-12,23H,1,13-14H2,2-4H3. The fraction of sp³-hybridized carbons (Fsp3) is 0.286. The minimum absolute atomic E-state index is 0.303. The van der Waals surface area contributed by atoms with Crippen molar-refractivity contribution in [2.45, 2.75) is 19.2 Å². The van der Waals surface area contributed by atoms with Crippen molar-refractivity contribution in [3.8, 4) is 11.5 Å². The predicted molar refractivity (Wildman–Crippen MR) is 106 cm³/mol. The van der Waals surface area contributed by atoms with Crippen LogP contribution in [0.1, 0.15) is 18.1 Å². The molecule has 28 heavy (non-hydrogen) atoms. The fourth-order valence-corrected chi connectivity index (χ4v) is 3.06. The second-order valence-electron chi connectivity index (χ2n) is 6.54. The van der Waals surface area contributed by atoms with Crippen molar-refractivity contribution in [2.75, 3.05) is 20.8 Å². The maximum atomic E-state index is 13.4. The lowest BCUT2D eigenvalue weighted by atomic mass is 10.1. The van der Waals surface area contributed by atoms with Gasteiger partial charge in [-0.3, -0.25) is 0 Å². The van der Waals surface area contributed by atoms with Gasteiger partial charge in [0.25, 0.3) is 0 Å². The Hall–Kier alpha value is -3.22. The highest BCUT2D eigenvalue weighted by atomic mass is 19.1. The quantitative estimate of drug-likeness (QED) is 0.754. The Morgan fingerprint density at radius 3 is 2.61 bits per heavy atom. The summed E-state index contributed by atoms with van der Waals surface area (Å²) >= 11 is 0. The van der Waals surface area contributed by atoms with Crippen LogP contribution < -0.4 is 14.8 Å². The Morgan fingerprint density at radius 2 is 1.96 bits per heavy atom. The maximum absolute atomic E-state index is 13.4. The number of nitrogens with one attached hydrogen (secondary N) is 1. The molecule has 0 saturated carbocycles. The Balaban J connectivity index is 1.96. The maximum Gasteiger partial charge on any atom is 0.226 e. The van der Waals surface area contributed by atoms with E-state index in [0.29, 0.717) is 30.4 Å². The number of amidine groups is 1. The predicted octanol–water partition coefficient (Wildman–Crippen LogP) is 3.49. The van der Waals surface area contributed by atoms with Crippen LogP contribution in [0.3, 0.4) is 0 Å². The third-order valence-corrected chi connectivity index (χ3v) is 4.65. The molecule has 0 aliphatic carbocycles. The monoisotopic (exact) mass is 385 g/mol. The van der Waals surface area contributed by atoms with Gasteiger partial charge in [0.2, 0.25) is 5.72 Å². The zero-order valence-corrected chi connectivity index (χ0v) is 16.2. The first-order chi connectivity index (χ1) is 13.5. The van der Waals surface area contributed by atoms with Gasteiger partial charge in [-0.2, -0.15) is 0 Å². The summed E-state index contributed by atoms with van der Waals surface area (Å²) in [6.07, 6.45) is 1.61. The van der Waals surface area contributed by atoms with Crippen LogP contribution in [0.15, 0.2) is 60.4 Å². The summed E-state index contributed by atoms with van der Waals surface area (Å²) in [5, 5.41) is 7.38. The normalized spacial score (nSPS) is 18.3. The van der Waals surface area contributed by atoms with Gasteiger partial charge in [-0.25, -0.2) is 4.39 Å². The molecule has 1 atom stereocenters. The van der Waals surface area contributed by atoms with Gasteiger partial charge in [0.15, 0.2) is 5.84 Å². The van der Waals surface area contributed by atoms with Gasteiger partial charge in [0.05, 0.1) is 27.3 Å².